The summed E-state index contributed by atoms with van der Waals surface area (Å²) in [5.74, 6) is -1.60. The van der Waals surface area contributed by atoms with Crippen molar-refractivity contribution in [3.05, 3.63) is 63.2 Å². The molecule has 0 saturated carbocycles. The first-order valence-electron chi connectivity index (χ1n) is 8.42. The van der Waals surface area contributed by atoms with Crippen LogP contribution in [-0.4, -0.2) is 49.7 Å². The molecule has 0 heterocycles. The van der Waals surface area contributed by atoms with Gasteiger partial charge in [-0.1, -0.05) is 11.6 Å². The fourth-order valence-corrected chi connectivity index (χ4v) is 3.61. The summed E-state index contributed by atoms with van der Waals surface area (Å²) in [5.41, 5.74) is 0.0351. The van der Waals surface area contributed by atoms with E-state index in [2.05, 4.69) is 5.32 Å². The van der Waals surface area contributed by atoms with Crippen LogP contribution in [0.2, 0.25) is 5.02 Å². The molecular formula is C18H18ClN3O7S. The number of nitro groups is 1. The van der Waals surface area contributed by atoms with Crippen molar-refractivity contribution < 1.29 is 27.7 Å². The largest absolute Gasteiger partial charge is 0.449 e. The zero-order chi connectivity index (χ0) is 22.6. The summed E-state index contributed by atoms with van der Waals surface area (Å²) in [6, 6.07) is 8.70. The Morgan fingerprint density at radius 1 is 1.17 bits per heavy atom. The monoisotopic (exact) mass is 455 g/mol. The number of esters is 1. The molecule has 0 radical (unpaired) electrons. The van der Waals surface area contributed by atoms with Crippen LogP contribution in [-0.2, 0) is 19.6 Å². The minimum absolute atomic E-state index is 0.0655. The molecule has 30 heavy (non-hydrogen) atoms. The van der Waals surface area contributed by atoms with Gasteiger partial charge in [-0.25, -0.2) is 17.5 Å². The molecule has 0 aliphatic heterocycles. The van der Waals surface area contributed by atoms with Gasteiger partial charge < -0.3 is 10.1 Å². The third-order valence-electron chi connectivity index (χ3n) is 3.92. The lowest BCUT2D eigenvalue weighted by Crippen LogP contribution is -2.30. The zero-order valence-corrected chi connectivity index (χ0v) is 17.7. The van der Waals surface area contributed by atoms with Crippen LogP contribution in [0.25, 0.3) is 0 Å². The molecule has 0 saturated heterocycles. The number of benzene rings is 2. The summed E-state index contributed by atoms with van der Waals surface area (Å²) in [6.45, 7) is 1.33. The van der Waals surface area contributed by atoms with E-state index in [4.69, 9.17) is 16.3 Å². The van der Waals surface area contributed by atoms with E-state index in [0.29, 0.717) is 0 Å². The van der Waals surface area contributed by atoms with Crippen LogP contribution in [0.1, 0.15) is 17.3 Å². The maximum atomic E-state index is 12.4. The molecule has 1 atom stereocenters. The van der Waals surface area contributed by atoms with Gasteiger partial charge in [-0.2, -0.15) is 0 Å². The van der Waals surface area contributed by atoms with Gasteiger partial charge in [-0.05, 0) is 37.3 Å². The Morgan fingerprint density at radius 3 is 2.30 bits per heavy atom. The molecule has 0 bridgehead atoms. The van der Waals surface area contributed by atoms with E-state index in [1.54, 1.807) is 0 Å². The van der Waals surface area contributed by atoms with Crippen LogP contribution >= 0.6 is 11.6 Å². The molecule has 10 nitrogen and oxygen atoms in total. The highest BCUT2D eigenvalue weighted by atomic mass is 35.5. The van der Waals surface area contributed by atoms with E-state index < -0.39 is 32.9 Å². The Bertz CT molecular complexity index is 1090. The first kappa shape index (κ1) is 23.3. The Balaban J connectivity index is 2.11. The van der Waals surface area contributed by atoms with Crippen molar-refractivity contribution in [1.82, 2.24) is 4.31 Å². The number of carbonyl (C=O) groups is 2. The number of sulfonamides is 1. The smallest absolute Gasteiger partial charge is 0.338 e. The minimum Gasteiger partial charge on any atom is -0.449 e. The number of anilines is 1. The van der Waals surface area contributed by atoms with Crippen LogP contribution in [0, 0.1) is 10.1 Å². The van der Waals surface area contributed by atoms with Crippen LogP contribution in [0.4, 0.5) is 11.4 Å². The SMILES string of the molecule is CC(OC(=O)c1ccc(Cl)c(S(=O)(=O)N(C)C)c1)C(=O)Nc1ccc([N+](=O)[O-])cc1. The van der Waals surface area contributed by atoms with Crippen molar-refractivity contribution in [2.45, 2.75) is 17.9 Å². The number of carbonyl (C=O) groups excluding carboxylic acids is 2. The quantitative estimate of drug-likeness (QED) is 0.385. The molecule has 160 valence electrons. The number of nitro benzene ring substituents is 1. The highest BCUT2D eigenvalue weighted by Gasteiger charge is 2.24. The minimum atomic E-state index is -3.89. The highest BCUT2D eigenvalue weighted by Crippen LogP contribution is 2.25. The van der Waals surface area contributed by atoms with E-state index in [0.717, 1.165) is 10.4 Å². The number of non-ortho nitro benzene ring substituents is 1. The van der Waals surface area contributed by atoms with E-state index in [-0.39, 0.29) is 26.9 Å². The van der Waals surface area contributed by atoms with Crippen molar-refractivity contribution in [3.63, 3.8) is 0 Å². The van der Waals surface area contributed by atoms with E-state index >= 15 is 0 Å². The molecule has 2 rings (SSSR count). The molecular weight excluding hydrogens is 438 g/mol. The predicted octanol–water partition coefficient (Wildman–Crippen LogP) is 2.68. The molecule has 2 aromatic rings. The molecule has 12 heteroatoms. The fourth-order valence-electron chi connectivity index (χ4n) is 2.22. The van der Waals surface area contributed by atoms with E-state index in [1.165, 1.54) is 57.4 Å². The van der Waals surface area contributed by atoms with Crippen LogP contribution in [0.15, 0.2) is 47.4 Å². The molecule has 0 fully saturated rings. The second-order valence-corrected chi connectivity index (χ2v) is 8.80. The maximum Gasteiger partial charge on any atom is 0.338 e. The summed E-state index contributed by atoms with van der Waals surface area (Å²) < 4.78 is 30.7. The number of halogens is 1. The molecule has 1 N–H and O–H groups in total. The third kappa shape index (κ3) is 5.32. The van der Waals surface area contributed by atoms with Gasteiger partial charge in [0.25, 0.3) is 11.6 Å². The van der Waals surface area contributed by atoms with Gasteiger partial charge in [0, 0.05) is 31.9 Å². The lowest BCUT2D eigenvalue weighted by atomic mass is 10.2. The summed E-state index contributed by atoms with van der Waals surface area (Å²) >= 11 is 5.94. The first-order chi connectivity index (χ1) is 13.9. The summed E-state index contributed by atoms with van der Waals surface area (Å²) in [6.07, 6.45) is -1.22. The van der Waals surface area contributed by atoms with Gasteiger partial charge in [0.05, 0.1) is 15.5 Å². The van der Waals surface area contributed by atoms with Crippen molar-refractivity contribution in [1.29, 1.82) is 0 Å². The lowest BCUT2D eigenvalue weighted by molar-refractivity contribution is -0.384. The summed E-state index contributed by atoms with van der Waals surface area (Å²) in [5, 5.41) is 13.1. The topological polar surface area (TPSA) is 136 Å². The second kappa shape index (κ2) is 9.20. The number of nitrogens with zero attached hydrogens (tertiary/aromatic N) is 2. The molecule has 1 unspecified atom stereocenters. The number of amides is 1. The Hall–Kier alpha value is -3.02. The number of hydrogen-bond acceptors (Lipinski definition) is 7. The van der Waals surface area contributed by atoms with Crippen LogP contribution < -0.4 is 5.32 Å². The van der Waals surface area contributed by atoms with Crippen molar-refractivity contribution >= 4 is 44.9 Å². The van der Waals surface area contributed by atoms with Crippen molar-refractivity contribution in [2.75, 3.05) is 19.4 Å². The average molecular weight is 456 g/mol. The highest BCUT2D eigenvalue weighted by molar-refractivity contribution is 7.89. The van der Waals surface area contributed by atoms with Crippen LogP contribution in [0.3, 0.4) is 0 Å². The van der Waals surface area contributed by atoms with Gasteiger partial charge >= 0.3 is 5.97 Å². The Morgan fingerprint density at radius 2 is 1.77 bits per heavy atom. The van der Waals surface area contributed by atoms with Gasteiger partial charge in [0.2, 0.25) is 10.0 Å². The first-order valence-corrected chi connectivity index (χ1v) is 10.2. The summed E-state index contributed by atoms with van der Waals surface area (Å²) in [7, 11) is -1.25. The van der Waals surface area contributed by atoms with E-state index in [9.17, 15) is 28.1 Å². The molecule has 0 aliphatic rings. The lowest BCUT2D eigenvalue weighted by Gasteiger charge is -2.15. The fraction of sp³-hybridized carbons (Fsp3) is 0.222. The second-order valence-electron chi connectivity index (χ2n) is 6.27. The number of nitrogens with one attached hydrogen (secondary N) is 1. The predicted molar refractivity (Wildman–Crippen MR) is 109 cm³/mol. The van der Waals surface area contributed by atoms with Gasteiger partial charge in [0.15, 0.2) is 6.10 Å². The number of rotatable bonds is 7. The maximum absolute atomic E-state index is 12.4. The van der Waals surface area contributed by atoms with Gasteiger partial charge in [-0.3, -0.25) is 14.9 Å². The summed E-state index contributed by atoms with van der Waals surface area (Å²) in [4.78, 5) is 34.4. The Kier molecular flexibility index (Phi) is 7.13. The molecule has 0 spiro atoms. The number of ether oxygens (including phenoxy) is 1. The Labute approximate surface area is 177 Å². The molecule has 0 aromatic heterocycles. The molecule has 0 aliphatic carbocycles. The van der Waals surface area contributed by atoms with Gasteiger partial charge in [-0.15, -0.1) is 0 Å². The number of hydrogen-bond donors (Lipinski definition) is 1. The van der Waals surface area contributed by atoms with Crippen molar-refractivity contribution in [3.8, 4) is 0 Å². The molecule has 1 amide bonds. The van der Waals surface area contributed by atoms with Crippen molar-refractivity contribution in [2.24, 2.45) is 0 Å². The zero-order valence-electron chi connectivity index (χ0n) is 16.2. The third-order valence-corrected chi connectivity index (χ3v) is 6.22. The average Bonchev–Trinajstić information content (AvgIpc) is 2.68. The van der Waals surface area contributed by atoms with Crippen LogP contribution in [0.5, 0.6) is 0 Å². The molecule has 2 aromatic carbocycles. The van der Waals surface area contributed by atoms with E-state index in [1.807, 2.05) is 0 Å². The standard InChI is InChI=1S/C18H18ClN3O7S/c1-11(17(23)20-13-5-7-14(8-6-13)22(25)26)29-18(24)12-4-9-15(19)16(10-12)30(27,28)21(2)3/h4-11H,1-3H3,(H,20,23). The van der Waals surface area contributed by atoms with Gasteiger partial charge in [0.1, 0.15) is 4.90 Å². The normalized spacial score (nSPS) is 12.3.